The summed E-state index contributed by atoms with van der Waals surface area (Å²) in [6.07, 6.45) is 2.92. The summed E-state index contributed by atoms with van der Waals surface area (Å²) in [4.78, 5) is 2.74. The van der Waals surface area contributed by atoms with Crippen LogP contribution in [0.1, 0.15) is 26.7 Å². The van der Waals surface area contributed by atoms with Gasteiger partial charge in [0, 0.05) is 43.1 Å². The Morgan fingerprint density at radius 1 is 1.08 bits per heavy atom. The van der Waals surface area contributed by atoms with Crippen molar-refractivity contribution in [1.82, 2.24) is 10.2 Å². The normalized spacial score (nSPS) is 51.2. The van der Waals surface area contributed by atoms with E-state index < -0.39 is 0 Å². The van der Waals surface area contributed by atoms with Crippen molar-refractivity contribution in [3.05, 3.63) is 0 Å². The van der Waals surface area contributed by atoms with E-state index in [-0.39, 0.29) is 0 Å². The van der Waals surface area contributed by atoms with Gasteiger partial charge in [-0.25, -0.2) is 0 Å². The van der Waals surface area contributed by atoms with Gasteiger partial charge in [0.15, 0.2) is 0 Å². The standard InChI is InChI=1S/C11H20N2/c1-10-5-12-6-11(10,2)8-13(7-10)9-3-4-9/h9,12H,3-8H2,1-2H3. The average Bonchev–Trinajstić information content (AvgIpc) is 2.76. The minimum atomic E-state index is 0.551. The van der Waals surface area contributed by atoms with Crippen LogP contribution in [0.4, 0.5) is 0 Å². The summed E-state index contributed by atoms with van der Waals surface area (Å²) in [5.41, 5.74) is 1.10. The molecule has 13 heavy (non-hydrogen) atoms. The van der Waals surface area contributed by atoms with Crippen molar-refractivity contribution in [2.24, 2.45) is 10.8 Å². The van der Waals surface area contributed by atoms with E-state index in [2.05, 4.69) is 24.1 Å². The molecule has 2 nitrogen and oxygen atoms in total. The maximum atomic E-state index is 3.56. The van der Waals surface area contributed by atoms with Gasteiger partial charge in [-0.3, -0.25) is 4.90 Å². The Hall–Kier alpha value is -0.0800. The highest BCUT2D eigenvalue weighted by atomic mass is 15.3. The van der Waals surface area contributed by atoms with Gasteiger partial charge in [0.05, 0.1) is 0 Å². The highest BCUT2D eigenvalue weighted by Crippen LogP contribution is 2.50. The lowest BCUT2D eigenvalue weighted by Crippen LogP contribution is -2.34. The molecule has 3 rings (SSSR count). The zero-order valence-electron chi connectivity index (χ0n) is 8.77. The van der Waals surface area contributed by atoms with E-state index in [1.165, 1.54) is 39.0 Å². The van der Waals surface area contributed by atoms with Gasteiger partial charge >= 0.3 is 0 Å². The maximum Gasteiger partial charge on any atom is 0.00969 e. The molecule has 0 aromatic heterocycles. The molecule has 3 aliphatic rings. The number of nitrogens with zero attached hydrogens (tertiary/aromatic N) is 1. The molecule has 0 amide bonds. The number of rotatable bonds is 1. The summed E-state index contributed by atoms with van der Waals surface area (Å²) in [5.74, 6) is 0. The Kier molecular flexibility index (Phi) is 1.45. The van der Waals surface area contributed by atoms with Crippen molar-refractivity contribution < 1.29 is 0 Å². The lowest BCUT2D eigenvalue weighted by atomic mass is 9.71. The quantitative estimate of drug-likeness (QED) is 0.649. The third-order valence-electron chi connectivity index (χ3n) is 4.65. The molecule has 1 saturated carbocycles. The molecule has 0 aromatic rings. The molecule has 0 aromatic carbocycles. The minimum Gasteiger partial charge on any atom is -0.316 e. The Labute approximate surface area is 80.7 Å². The zero-order valence-corrected chi connectivity index (χ0v) is 8.77. The van der Waals surface area contributed by atoms with Gasteiger partial charge < -0.3 is 5.32 Å². The zero-order chi connectivity index (χ0) is 9.10. The minimum absolute atomic E-state index is 0.551. The summed E-state index contributed by atoms with van der Waals surface area (Å²) in [7, 11) is 0. The van der Waals surface area contributed by atoms with Crippen LogP contribution in [0.25, 0.3) is 0 Å². The molecule has 0 bridgehead atoms. The van der Waals surface area contributed by atoms with Crippen molar-refractivity contribution in [1.29, 1.82) is 0 Å². The molecule has 2 aliphatic heterocycles. The van der Waals surface area contributed by atoms with E-state index in [4.69, 9.17) is 0 Å². The van der Waals surface area contributed by atoms with Gasteiger partial charge in [0.25, 0.3) is 0 Å². The number of likely N-dealkylation sites (tertiary alicyclic amines) is 1. The molecule has 0 spiro atoms. The SMILES string of the molecule is CC12CNCC1(C)CN(C1CC1)C2. The molecule has 2 unspecified atom stereocenters. The van der Waals surface area contributed by atoms with Crippen molar-refractivity contribution in [3.8, 4) is 0 Å². The molecular weight excluding hydrogens is 160 g/mol. The van der Waals surface area contributed by atoms with Crippen LogP contribution in [-0.2, 0) is 0 Å². The van der Waals surface area contributed by atoms with Crippen LogP contribution >= 0.6 is 0 Å². The first kappa shape index (κ1) is 8.25. The van der Waals surface area contributed by atoms with Gasteiger partial charge in [-0.1, -0.05) is 13.8 Å². The monoisotopic (exact) mass is 180 g/mol. The van der Waals surface area contributed by atoms with Crippen molar-refractivity contribution in [3.63, 3.8) is 0 Å². The fraction of sp³-hybridized carbons (Fsp3) is 1.00. The van der Waals surface area contributed by atoms with Crippen LogP contribution in [-0.4, -0.2) is 37.1 Å². The van der Waals surface area contributed by atoms with Gasteiger partial charge in [-0.05, 0) is 12.8 Å². The van der Waals surface area contributed by atoms with Gasteiger partial charge in [-0.15, -0.1) is 0 Å². The van der Waals surface area contributed by atoms with Crippen LogP contribution in [0.5, 0.6) is 0 Å². The predicted octanol–water partition coefficient (Wildman–Crippen LogP) is 1.08. The smallest absolute Gasteiger partial charge is 0.00969 e. The third kappa shape index (κ3) is 1.02. The summed E-state index contributed by atoms with van der Waals surface area (Å²) in [6, 6.07) is 0.958. The predicted molar refractivity (Wildman–Crippen MR) is 53.7 cm³/mol. The largest absolute Gasteiger partial charge is 0.316 e. The van der Waals surface area contributed by atoms with Crippen molar-refractivity contribution in [2.75, 3.05) is 26.2 Å². The van der Waals surface area contributed by atoms with E-state index in [1.807, 2.05) is 0 Å². The summed E-state index contributed by atoms with van der Waals surface area (Å²) in [6.45, 7) is 10.1. The second-order valence-electron chi connectivity index (χ2n) is 5.86. The van der Waals surface area contributed by atoms with Gasteiger partial charge in [0.2, 0.25) is 0 Å². The highest BCUT2D eigenvalue weighted by Gasteiger charge is 2.56. The second kappa shape index (κ2) is 2.29. The fourth-order valence-corrected chi connectivity index (χ4v) is 3.18. The molecular formula is C11H20N2. The Morgan fingerprint density at radius 2 is 1.62 bits per heavy atom. The highest BCUT2D eigenvalue weighted by molar-refractivity contribution is 5.10. The molecule has 0 radical (unpaired) electrons. The Bertz CT molecular complexity index is 218. The number of hydrogen-bond acceptors (Lipinski definition) is 2. The van der Waals surface area contributed by atoms with Gasteiger partial charge in [-0.2, -0.15) is 0 Å². The molecule has 1 N–H and O–H groups in total. The molecule has 1 aliphatic carbocycles. The molecule has 2 heterocycles. The van der Waals surface area contributed by atoms with Crippen LogP contribution in [0.15, 0.2) is 0 Å². The molecule has 2 heteroatoms. The first-order valence-electron chi connectivity index (χ1n) is 5.58. The van der Waals surface area contributed by atoms with Crippen LogP contribution in [0.3, 0.4) is 0 Å². The average molecular weight is 180 g/mol. The van der Waals surface area contributed by atoms with Crippen molar-refractivity contribution in [2.45, 2.75) is 32.7 Å². The summed E-state index contributed by atoms with van der Waals surface area (Å²) >= 11 is 0. The molecule has 3 fully saturated rings. The Balaban J connectivity index is 1.84. The molecule has 74 valence electrons. The molecule has 2 saturated heterocycles. The maximum absolute atomic E-state index is 3.56. The first-order valence-corrected chi connectivity index (χ1v) is 5.58. The second-order valence-corrected chi connectivity index (χ2v) is 5.86. The molecule has 2 atom stereocenters. The lowest BCUT2D eigenvalue weighted by Gasteiger charge is -2.31. The fourth-order valence-electron chi connectivity index (χ4n) is 3.18. The number of nitrogens with one attached hydrogen (secondary N) is 1. The summed E-state index contributed by atoms with van der Waals surface area (Å²) in [5, 5.41) is 3.56. The van der Waals surface area contributed by atoms with E-state index in [0.29, 0.717) is 10.8 Å². The van der Waals surface area contributed by atoms with E-state index in [1.54, 1.807) is 0 Å². The van der Waals surface area contributed by atoms with Crippen LogP contribution < -0.4 is 5.32 Å². The van der Waals surface area contributed by atoms with Crippen LogP contribution in [0, 0.1) is 10.8 Å². The lowest BCUT2D eigenvalue weighted by molar-refractivity contribution is 0.212. The topological polar surface area (TPSA) is 15.3 Å². The van der Waals surface area contributed by atoms with E-state index in [9.17, 15) is 0 Å². The number of hydrogen-bond donors (Lipinski definition) is 1. The summed E-state index contributed by atoms with van der Waals surface area (Å²) < 4.78 is 0. The van der Waals surface area contributed by atoms with Gasteiger partial charge in [0.1, 0.15) is 0 Å². The number of fused-ring (bicyclic) bond motifs is 1. The first-order chi connectivity index (χ1) is 6.13. The van der Waals surface area contributed by atoms with Crippen molar-refractivity contribution >= 4 is 0 Å². The van der Waals surface area contributed by atoms with E-state index >= 15 is 0 Å². The van der Waals surface area contributed by atoms with E-state index in [0.717, 1.165) is 6.04 Å². The third-order valence-corrected chi connectivity index (χ3v) is 4.65. The Morgan fingerprint density at radius 3 is 2.08 bits per heavy atom. The van der Waals surface area contributed by atoms with Crippen LogP contribution in [0.2, 0.25) is 0 Å².